The van der Waals surface area contributed by atoms with Gasteiger partial charge in [0.1, 0.15) is 0 Å². The summed E-state index contributed by atoms with van der Waals surface area (Å²) >= 11 is 1.81. The van der Waals surface area contributed by atoms with Crippen LogP contribution in [0.3, 0.4) is 0 Å². The Hall–Kier alpha value is -1.65. The number of nitrogens with one attached hydrogen (secondary N) is 1. The summed E-state index contributed by atoms with van der Waals surface area (Å²) in [6.07, 6.45) is 3.23. The van der Waals surface area contributed by atoms with E-state index in [0.717, 1.165) is 32.4 Å². The molecule has 0 fully saturated rings. The number of aryl methyl sites for hydroxylation is 1. The molecule has 128 valence electrons. The van der Waals surface area contributed by atoms with Crippen molar-refractivity contribution in [2.75, 3.05) is 19.6 Å². The number of nitrogens with zero attached hydrogens (tertiary/aromatic N) is 1. The Morgan fingerprint density at radius 2 is 2.12 bits per heavy atom. The van der Waals surface area contributed by atoms with Crippen molar-refractivity contribution in [2.24, 2.45) is 0 Å². The van der Waals surface area contributed by atoms with E-state index in [9.17, 15) is 4.79 Å². The number of hydrogen-bond donors (Lipinski definition) is 1. The van der Waals surface area contributed by atoms with Crippen molar-refractivity contribution in [1.82, 2.24) is 10.2 Å². The summed E-state index contributed by atoms with van der Waals surface area (Å²) < 4.78 is 0. The van der Waals surface area contributed by atoms with Gasteiger partial charge >= 0.3 is 0 Å². The summed E-state index contributed by atoms with van der Waals surface area (Å²) in [7, 11) is 0. The largest absolute Gasteiger partial charge is 0.330 e. The molecule has 2 aromatic rings. The number of unbranched alkanes of at least 4 members (excludes halogenated alkanes) is 1. The number of benzene rings is 1. The van der Waals surface area contributed by atoms with E-state index in [1.807, 2.05) is 11.3 Å². The van der Waals surface area contributed by atoms with Crippen LogP contribution in [0.25, 0.3) is 0 Å². The molecular weight excluding hydrogens is 316 g/mol. The first kappa shape index (κ1) is 17.2. The number of fused-ring (bicyclic) bond motifs is 1. The highest BCUT2D eigenvalue weighted by molar-refractivity contribution is 7.10. The topological polar surface area (TPSA) is 32.3 Å². The van der Waals surface area contributed by atoms with Gasteiger partial charge in [-0.25, -0.2) is 0 Å². The molecule has 0 spiro atoms. The molecule has 1 aliphatic heterocycles. The fraction of sp³-hybridized carbons (Fsp3) is 0.450. The molecule has 3 nitrogen and oxygen atoms in total. The lowest BCUT2D eigenvalue weighted by atomic mass is 9.90. The van der Waals surface area contributed by atoms with Gasteiger partial charge in [0.15, 0.2) is 0 Å². The Bertz CT molecular complexity index is 694. The Kier molecular flexibility index (Phi) is 5.69. The van der Waals surface area contributed by atoms with Gasteiger partial charge in [0, 0.05) is 11.4 Å². The van der Waals surface area contributed by atoms with Crippen molar-refractivity contribution in [1.29, 1.82) is 0 Å². The molecule has 1 aromatic carbocycles. The molecule has 0 radical (unpaired) electrons. The number of carbonyl (C=O) groups is 1. The number of hydrogen-bond acceptors (Lipinski definition) is 3. The minimum atomic E-state index is 0.0571. The maximum absolute atomic E-state index is 12.9. The average Bonchev–Trinajstić information content (AvgIpc) is 3.07. The van der Waals surface area contributed by atoms with E-state index >= 15 is 0 Å². The van der Waals surface area contributed by atoms with E-state index in [1.165, 1.54) is 21.6 Å². The number of carbonyl (C=O) groups excluding carboxylic acids is 1. The van der Waals surface area contributed by atoms with Crippen LogP contribution in [0.1, 0.15) is 47.4 Å². The molecule has 1 N–H and O–H groups in total. The van der Waals surface area contributed by atoms with Gasteiger partial charge in [-0.05, 0) is 54.4 Å². The summed E-state index contributed by atoms with van der Waals surface area (Å²) in [6.45, 7) is 6.45. The van der Waals surface area contributed by atoms with Crippen molar-refractivity contribution in [3.63, 3.8) is 0 Å². The highest BCUT2D eigenvalue weighted by Crippen LogP contribution is 2.38. The summed E-state index contributed by atoms with van der Waals surface area (Å²) in [4.78, 5) is 16.3. The SMILES string of the molecule is CCCCNCC(=O)N1CCc2sccc2[C@H]1c1ccccc1C. The first-order valence-corrected chi connectivity index (χ1v) is 9.72. The number of amides is 1. The summed E-state index contributed by atoms with van der Waals surface area (Å²) in [5.41, 5.74) is 3.81. The Morgan fingerprint density at radius 1 is 1.29 bits per heavy atom. The highest BCUT2D eigenvalue weighted by Gasteiger charge is 2.33. The van der Waals surface area contributed by atoms with Crippen LogP contribution < -0.4 is 5.32 Å². The second kappa shape index (κ2) is 7.95. The molecule has 1 amide bonds. The van der Waals surface area contributed by atoms with Gasteiger partial charge in [-0.1, -0.05) is 37.6 Å². The van der Waals surface area contributed by atoms with E-state index in [2.05, 4.69) is 59.8 Å². The second-order valence-electron chi connectivity index (χ2n) is 6.43. The van der Waals surface area contributed by atoms with E-state index in [0.29, 0.717) is 6.54 Å². The molecule has 2 heterocycles. The van der Waals surface area contributed by atoms with Crippen LogP contribution >= 0.6 is 11.3 Å². The van der Waals surface area contributed by atoms with Crippen LogP contribution in [-0.4, -0.2) is 30.4 Å². The standard InChI is InChI=1S/C20H26N2OS/c1-3-4-11-21-14-19(23)22-12-9-18-17(10-13-24-18)20(22)16-8-6-5-7-15(16)2/h5-8,10,13,20-21H,3-4,9,11-12,14H2,1-2H3/t20-/m1/s1. The lowest BCUT2D eigenvalue weighted by molar-refractivity contribution is -0.132. The van der Waals surface area contributed by atoms with Crippen LogP contribution in [0.5, 0.6) is 0 Å². The van der Waals surface area contributed by atoms with Gasteiger partial charge in [0.05, 0.1) is 12.6 Å². The smallest absolute Gasteiger partial charge is 0.237 e. The van der Waals surface area contributed by atoms with E-state index in [4.69, 9.17) is 0 Å². The lowest BCUT2D eigenvalue weighted by Crippen LogP contribution is -2.44. The molecule has 1 atom stereocenters. The molecule has 0 bridgehead atoms. The van der Waals surface area contributed by atoms with Crippen LogP contribution in [0.4, 0.5) is 0 Å². The normalized spacial score (nSPS) is 16.9. The zero-order valence-electron chi connectivity index (χ0n) is 14.5. The second-order valence-corrected chi connectivity index (χ2v) is 7.43. The number of thiophene rings is 1. The van der Waals surface area contributed by atoms with Gasteiger partial charge in [0.2, 0.25) is 5.91 Å². The third-order valence-electron chi connectivity index (χ3n) is 4.75. The zero-order chi connectivity index (χ0) is 16.9. The van der Waals surface area contributed by atoms with Crippen molar-refractivity contribution < 1.29 is 4.79 Å². The molecule has 0 aliphatic carbocycles. The minimum absolute atomic E-state index is 0.0571. The molecule has 1 aromatic heterocycles. The van der Waals surface area contributed by atoms with Gasteiger partial charge in [-0.15, -0.1) is 11.3 Å². The maximum Gasteiger partial charge on any atom is 0.237 e. The third-order valence-corrected chi connectivity index (χ3v) is 5.75. The Balaban J connectivity index is 1.85. The number of rotatable bonds is 6. The minimum Gasteiger partial charge on any atom is -0.330 e. The molecular formula is C20H26N2OS. The monoisotopic (exact) mass is 342 g/mol. The van der Waals surface area contributed by atoms with Gasteiger partial charge in [-0.2, -0.15) is 0 Å². The molecule has 1 aliphatic rings. The summed E-state index contributed by atoms with van der Waals surface area (Å²) in [6, 6.07) is 10.7. The fourth-order valence-electron chi connectivity index (χ4n) is 3.41. The van der Waals surface area contributed by atoms with E-state index in [-0.39, 0.29) is 11.9 Å². The van der Waals surface area contributed by atoms with Gasteiger partial charge in [-0.3, -0.25) is 4.79 Å². The van der Waals surface area contributed by atoms with Crippen molar-refractivity contribution in [2.45, 2.75) is 39.2 Å². The molecule has 0 saturated heterocycles. The molecule has 0 unspecified atom stereocenters. The third kappa shape index (κ3) is 3.55. The van der Waals surface area contributed by atoms with Gasteiger partial charge < -0.3 is 10.2 Å². The van der Waals surface area contributed by atoms with Crippen LogP contribution in [-0.2, 0) is 11.2 Å². The lowest BCUT2D eigenvalue weighted by Gasteiger charge is -2.37. The maximum atomic E-state index is 12.9. The fourth-order valence-corrected chi connectivity index (χ4v) is 4.32. The van der Waals surface area contributed by atoms with E-state index < -0.39 is 0 Å². The predicted molar refractivity (Wildman–Crippen MR) is 101 cm³/mol. The summed E-state index contributed by atoms with van der Waals surface area (Å²) in [5.74, 6) is 0.205. The van der Waals surface area contributed by atoms with Crippen molar-refractivity contribution >= 4 is 17.2 Å². The zero-order valence-corrected chi connectivity index (χ0v) is 15.4. The van der Waals surface area contributed by atoms with Crippen molar-refractivity contribution in [3.05, 3.63) is 57.3 Å². The molecule has 0 saturated carbocycles. The highest BCUT2D eigenvalue weighted by atomic mass is 32.1. The van der Waals surface area contributed by atoms with Crippen LogP contribution in [0.15, 0.2) is 35.7 Å². The van der Waals surface area contributed by atoms with Gasteiger partial charge in [0.25, 0.3) is 0 Å². The quantitative estimate of drug-likeness (QED) is 0.807. The molecule has 3 rings (SSSR count). The first-order chi connectivity index (χ1) is 11.7. The average molecular weight is 343 g/mol. The predicted octanol–water partition coefficient (Wildman–Crippen LogP) is 3.92. The first-order valence-electron chi connectivity index (χ1n) is 8.84. The molecule has 24 heavy (non-hydrogen) atoms. The van der Waals surface area contributed by atoms with E-state index in [1.54, 1.807) is 0 Å². The van der Waals surface area contributed by atoms with Crippen molar-refractivity contribution in [3.8, 4) is 0 Å². The van der Waals surface area contributed by atoms with Crippen LogP contribution in [0.2, 0.25) is 0 Å². The molecule has 4 heteroatoms. The van der Waals surface area contributed by atoms with Crippen LogP contribution in [0, 0.1) is 6.92 Å². The Labute approximate surface area is 148 Å². The summed E-state index contributed by atoms with van der Waals surface area (Å²) in [5, 5.41) is 5.46. The Morgan fingerprint density at radius 3 is 2.92 bits per heavy atom.